The minimum absolute atomic E-state index is 0.0560. The van der Waals surface area contributed by atoms with Gasteiger partial charge in [0.05, 0.1) is 0 Å². The van der Waals surface area contributed by atoms with Crippen LogP contribution < -0.4 is 10.2 Å². The first-order valence-corrected chi connectivity index (χ1v) is 8.94. The Hall–Kier alpha value is -1.55. The molecule has 1 amide bonds. The fraction of sp³-hybridized carbons (Fsp3) is 0.632. The third kappa shape index (κ3) is 3.69. The Morgan fingerprint density at radius 1 is 1.13 bits per heavy atom. The summed E-state index contributed by atoms with van der Waals surface area (Å²) in [4.78, 5) is 17.3. The van der Waals surface area contributed by atoms with E-state index in [4.69, 9.17) is 0 Å². The average molecular weight is 315 g/mol. The van der Waals surface area contributed by atoms with Crippen LogP contribution in [0.3, 0.4) is 0 Å². The number of anilines is 1. The van der Waals surface area contributed by atoms with Gasteiger partial charge in [0.2, 0.25) is 0 Å². The quantitative estimate of drug-likeness (QED) is 0.928. The molecule has 0 aromatic heterocycles. The summed E-state index contributed by atoms with van der Waals surface area (Å²) in [7, 11) is 0. The molecular formula is C19H29N3O. The first-order chi connectivity index (χ1) is 11.0. The Kier molecular flexibility index (Phi) is 4.90. The molecule has 2 fully saturated rings. The summed E-state index contributed by atoms with van der Waals surface area (Å²) in [5.41, 5.74) is 2.00. The van der Waals surface area contributed by atoms with Gasteiger partial charge in [-0.3, -0.25) is 9.69 Å². The van der Waals surface area contributed by atoms with Gasteiger partial charge in [-0.15, -0.1) is 0 Å². The van der Waals surface area contributed by atoms with Crippen LogP contribution >= 0.6 is 0 Å². The molecule has 3 rings (SSSR count). The number of benzene rings is 1. The van der Waals surface area contributed by atoms with E-state index < -0.39 is 0 Å². The van der Waals surface area contributed by atoms with Crippen molar-refractivity contribution >= 4 is 11.6 Å². The summed E-state index contributed by atoms with van der Waals surface area (Å²) < 4.78 is 0. The number of amides is 1. The molecule has 2 heterocycles. The smallest absolute Gasteiger partial charge is 0.251 e. The molecule has 0 radical (unpaired) electrons. The van der Waals surface area contributed by atoms with Crippen molar-refractivity contribution in [2.24, 2.45) is 5.92 Å². The maximum atomic E-state index is 12.5. The van der Waals surface area contributed by atoms with Gasteiger partial charge in [0.1, 0.15) is 0 Å². The van der Waals surface area contributed by atoms with E-state index in [0.29, 0.717) is 12.0 Å². The second kappa shape index (κ2) is 6.91. The van der Waals surface area contributed by atoms with Gasteiger partial charge in [0.15, 0.2) is 0 Å². The second-order valence-corrected chi connectivity index (χ2v) is 7.35. The molecule has 2 saturated heterocycles. The second-order valence-electron chi connectivity index (χ2n) is 7.35. The van der Waals surface area contributed by atoms with E-state index in [2.05, 4.69) is 48.0 Å². The number of rotatable bonds is 4. The van der Waals surface area contributed by atoms with Crippen molar-refractivity contribution in [3.8, 4) is 0 Å². The Bertz CT molecular complexity index is 534. The first-order valence-electron chi connectivity index (χ1n) is 8.94. The summed E-state index contributed by atoms with van der Waals surface area (Å²) in [6, 6.07) is 8.88. The lowest BCUT2D eigenvalue weighted by Crippen LogP contribution is -2.40. The summed E-state index contributed by atoms with van der Waals surface area (Å²) in [6.45, 7) is 10.9. The van der Waals surface area contributed by atoms with E-state index in [1.807, 2.05) is 12.1 Å². The lowest BCUT2D eigenvalue weighted by Gasteiger charge is -2.20. The lowest BCUT2D eigenvalue weighted by molar-refractivity contribution is 0.0930. The molecule has 1 aromatic rings. The van der Waals surface area contributed by atoms with Crippen LogP contribution in [0.2, 0.25) is 0 Å². The number of hydrogen-bond donors (Lipinski definition) is 1. The van der Waals surface area contributed by atoms with Crippen LogP contribution in [0.25, 0.3) is 0 Å². The molecule has 0 saturated carbocycles. The monoisotopic (exact) mass is 315 g/mol. The van der Waals surface area contributed by atoms with Crippen molar-refractivity contribution in [2.75, 3.05) is 31.1 Å². The van der Waals surface area contributed by atoms with E-state index in [1.165, 1.54) is 18.5 Å². The summed E-state index contributed by atoms with van der Waals surface area (Å²) in [5, 5.41) is 3.22. The molecule has 4 nitrogen and oxygen atoms in total. The number of nitrogens with one attached hydrogen (secondary N) is 1. The third-order valence-corrected chi connectivity index (χ3v) is 5.29. The zero-order valence-corrected chi connectivity index (χ0v) is 14.6. The summed E-state index contributed by atoms with van der Waals surface area (Å²) in [5.74, 6) is 0.561. The van der Waals surface area contributed by atoms with Crippen LogP contribution in [-0.4, -0.2) is 49.1 Å². The fourth-order valence-corrected chi connectivity index (χ4v) is 3.66. The summed E-state index contributed by atoms with van der Waals surface area (Å²) >= 11 is 0. The number of carbonyl (C=O) groups excluding carboxylic acids is 1. The highest BCUT2D eigenvalue weighted by atomic mass is 16.1. The van der Waals surface area contributed by atoms with Crippen molar-refractivity contribution in [1.82, 2.24) is 10.2 Å². The molecule has 0 aliphatic carbocycles. The lowest BCUT2D eigenvalue weighted by atomic mass is 10.1. The van der Waals surface area contributed by atoms with Crippen LogP contribution in [0.5, 0.6) is 0 Å². The van der Waals surface area contributed by atoms with E-state index >= 15 is 0 Å². The number of nitrogens with zero attached hydrogens (tertiary/aromatic N) is 2. The predicted molar refractivity (Wildman–Crippen MR) is 95.0 cm³/mol. The zero-order valence-electron chi connectivity index (χ0n) is 14.6. The number of hydrogen-bond acceptors (Lipinski definition) is 3. The van der Waals surface area contributed by atoms with E-state index in [1.54, 1.807) is 0 Å². The largest absolute Gasteiger partial charge is 0.372 e. The molecule has 2 atom stereocenters. The van der Waals surface area contributed by atoms with Crippen molar-refractivity contribution < 1.29 is 4.79 Å². The van der Waals surface area contributed by atoms with Gasteiger partial charge in [-0.05, 0) is 56.9 Å². The van der Waals surface area contributed by atoms with Gasteiger partial charge in [0.25, 0.3) is 5.91 Å². The molecule has 4 heteroatoms. The van der Waals surface area contributed by atoms with Crippen LogP contribution in [0.1, 0.15) is 44.0 Å². The molecule has 1 N–H and O–H groups in total. The number of carbonyl (C=O) groups is 1. The van der Waals surface area contributed by atoms with Gasteiger partial charge in [-0.2, -0.15) is 0 Å². The van der Waals surface area contributed by atoms with Crippen molar-refractivity contribution in [1.29, 1.82) is 0 Å². The van der Waals surface area contributed by atoms with Gasteiger partial charge < -0.3 is 10.2 Å². The Labute approximate surface area is 139 Å². The van der Waals surface area contributed by atoms with Crippen LogP contribution in [0.4, 0.5) is 5.69 Å². The topological polar surface area (TPSA) is 35.6 Å². The van der Waals surface area contributed by atoms with E-state index in [-0.39, 0.29) is 11.9 Å². The first kappa shape index (κ1) is 16.3. The van der Waals surface area contributed by atoms with Gasteiger partial charge in [-0.1, -0.05) is 6.92 Å². The highest BCUT2D eigenvalue weighted by Crippen LogP contribution is 2.22. The van der Waals surface area contributed by atoms with Crippen LogP contribution in [-0.2, 0) is 0 Å². The standard InChI is InChI=1S/C19H29N3O/c1-14(2)22-12-15(3)18(13-22)20-19(23)16-6-8-17(9-7-16)21-10-4-5-11-21/h6-9,14-15,18H,4-5,10-13H2,1-3H3,(H,20,23)/t15-,18-/m0/s1. The maximum absolute atomic E-state index is 12.5. The average Bonchev–Trinajstić information content (AvgIpc) is 3.18. The van der Waals surface area contributed by atoms with Gasteiger partial charge >= 0.3 is 0 Å². The van der Waals surface area contributed by atoms with Crippen molar-refractivity contribution in [3.63, 3.8) is 0 Å². The molecule has 23 heavy (non-hydrogen) atoms. The highest BCUT2D eigenvalue weighted by molar-refractivity contribution is 5.94. The fourth-order valence-electron chi connectivity index (χ4n) is 3.66. The summed E-state index contributed by atoms with van der Waals surface area (Å²) in [6.07, 6.45) is 2.54. The Morgan fingerprint density at radius 3 is 2.35 bits per heavy atom. The number of likely N-dealkylation sites (tertiary alicyclic amines) is 1. The molecule has 0 spiro atoms. The maximum Gasteiger partial charge on any atom is 0.251 e. The SMILES string of the molecule is CC(C)N1C[C@H](NC(=O)c2ccc(N3CCCC3)cc2)[C@@H](C)C1. The molecule has 0 bridgehead atoms. The molecule has 2 aliphatic rings. The highest BCUT2D eigenvalue weighted by Gasteiger charge is 2.31. The van der Waals surface area contributed by atoms with E-state index in [9.17, 15) is 4.79 Å². The van der Waals surface area contributed by atoms with Crippen molar-refractivity contribution in [3.05, 3.63) is 29.8 Å². The van der Waals surface area contributed by atoms with E-state index in [0.717, 1.165) is 31.7 Å². The Balaban J connectivity index is 1.60. The molecule has 126 valence electrons. The minimum Gasteiger partial charge on any atom is -0.372 e. The molecule has 1 aromatic carbocycles. The zero-order chi connectivity index (χ0) is 16.4. The molecule has 0 unspecified atom stereocenters. The third-order valence-electron chi connectivity index (χ3n) is 5.29. The molecule has 2 aliphatic heterocycles. The van der Waals surface area contributed by atoms with Crippen LogP contribution in [0.15, 0.2) is 24.3 Å². The normalized spacial score (nSPS) is 25.3. The van der Waals surface area contributed by atoms with Gasteiger partial charge in [-0.25, -0.2) is 0 Å². The minimum atomic E-state index is 0.0560. The Morgan fingerprint density at radius 2 is 1.78 bits per heavy atom. The van der Waals surface area contributed by atoms with Crippen molar-refractivity contribution in [2.45, 2.75) is 45.7 Å². The molecular weight excluding hydrogens is 286 g/mol. The van der Waals surface area contributed by atoms with Crippen LogP contribution in [0, 0.1) is 5.92 Å². The van der Waals surface area contributed by atoms with Gasteiger partial charge in [0, 0.05) is 49.5 Å². The predicted octanol–water partition coefficient (Wildman–Crippen LogP) is 2.75.